The van der Waals surface area contributed by atoms with Gasteiger partial charge in [-0.15, -0.1) is 11.3 Å². The number of hydrogen-bond donors (Lipinski definition) is 2. The summed E-state index contributed by atoms with van der Waals surface area (Å²) in [4.78, 5) is 13.1. The van der Waals surface area contributed by atoms with Gasteiger partial charge in [0.15, 0.2) is 0 Å². The third-order valence-corrected chi connectivity index (χ3v) is 4.01. The van der Waals surface area contributed by atoms with Crippen LogP contribution in [0.1, 0.15) is 37.1 Å². The van der Waals surface area contributed by atoms with Crippen molar-refractivity contribution >= 4 is 17.2 Å². The van der Waals surface area contributed by atoms with Crippen molar-refractivity contribution in [1.82, 2.24) is 10.6 Å². The molecule has 1 aliphatic heterocycles. The fraction of sp³-hybridized carbons (Fsp3) is 0.583. The van der Waals surface area contributed by atoms with E-state index >= 15 is 0 Å². The molecule has 2 atom stereocenters. The predicted molar refractivity (Wildman–Crippen MR) is 66.5 cm³/mol. The Labute approximate surface area is 100 Å². The lowest BCUT2D eigenvalue weighted by molar-refractivity contribution is -0.124. The molecule has 1 aromatic heterocycles. The molecule has 0 bridgehead atoms. The van der Waals surface area contributed by atoms with Gasteiger partial charge in [-0.1, -0.05) is 12.5 Å². The van der Waals surface area contributed by atoms with E-state index in [4.69, 9.17) is 0 Å². The number of hydrogen-bond acceptors (Lipinski definition) is 3. The van der Waals surface area contributed by atoms with Crippen LogP contribution in [-0.2, 0) is 4.79 Å². The molecule has 2 N–H and O–H groups in total. The van der Waals surface area contributed by atoms with Gasteiger partial charge in [0.25, 0.3) is 0 Å². The maximum Gasteiger partial charge on any atom is 0.237 e. The Morgan fingerprint density at radius 2 is 2.50 bits per heavy atom. The van der Waals surface area contributed by atoms with Gasteiger partial charge in [-0.05, 0) is 37.8 Å². The van der Waals surface area contributed by atoms with Gasteiger partial charge >= 0.3 is 0 Å². The number of nitrogens with one attached hydrogen (secondary N) is 2. The average molecular weight is 238 g/mol. The van der Waals surface area contributed by atoms with Crippen molar-refractivity contribution in [3.05, 3.63) is 22.4 Å². The smallest absolute Gasteiger partial charge is 0.237 e. The van der Waals surface area contributed by atoms with Crippen molar-refractivity contribution < 1.29 is 4.79 Å². The molecule has 2 rings (SSSR count). The maximum atomic E-state index is 11.9. The molecule has 1 aromatic rings. The fourth-order valence-electron chi connectivity index (χ4n) is 2.00. The molecule has 1 fully saturated rings. The van der Waals surface area contributed by atoms with Crippen LogP contribution in [-0.4, -0.2) is 18.5 Å². The summed E-state index contributed by atoms with van der Waals surface area (Å²) in [6.07, 6.45) is 3.30. The zero-order valence-corrected chi connectivity index (χ0v) is 10.3. The van der Waals surface area contributed by atoms with Crippen LogP contribution < -0.4 is 10.6 Å². The highest BCUT2D eigenvalue weighted by molar-refractivity contribution is 7.10. The molecule has 0 spiro atoms. The SMILES string of the molecule is C[C@@H](NC(=O)[C@H]1CCCCN1)c1cccs1. The quantitative estimate of drug-likeness (QED) is 0.846. The highest BCUT2D eigenvalue weighted by atomic mass is 32.1. The second-order valence-corrected chi connectivity index (χ2v) is 5.23. The lowest BCUT2D eigenvalue weighted by Gasteiger charge is -2.24. The molecule has 1 amide bonds. The number of thiophene rings is 1. The Kier molecular flexibility index (Phi) is 3.96. The summed E-state index contributed by atoms with van der Waals surface area (Å²) in [6.45, 7) is 3.00. The number of amides is 1. The summed E-state index contributed by atoms with van der Waals surface area (Å²) in [5, 5.41) is 8.36. The molecule has 1 aliphatic rings. The van der Waals surface area contributed by atoms with E-state index in [1.165, 1.54) is 11.3 Å². The van der Waals surface area contributed by atoms with Gasteiger partial charge in [0, 0.05) is 4.88 Å². The van der Waals surface area contributed by atoms with E-state index < -0.39 is 0 Å². The molecule has 2 heterocycles. The molecule has 0 radical (unpaired) electrons. The van der Waals surface area contributed by atoms with Crippen LogP contribution in [0.5, 0.6) is 0 Å². The third-order valence-electron chi connectivity index (χ3n) is 2.96. The Hall–Kier alpha value is -0.870. The van der Waals surface area contributed by atoms with Gasteiger partial charge < -0.3 is 10.6 Å². The molecule has 88 valence electrons. The highest BCUT2D eigenvalue weighted by Gasteiger charge is 2.22. The zero-order valence-electron chi connectivity index (χ0n) is 9.53. The molecular weight excluding hydrogens is 220 g/mol. The molecule has 0 saturated carbocycles. The first-order valence-corrected chi connectivity index (χ1v) is 6.72. The standard InChI is InChI=1S/C12H18N2OS/c1-9(11-6-4-8-16-11)14-12(15)10-5-2-3-7-13-10/h4,6,8-10,13H,2-3,5,7H2,1H3,(H,14,15)/t9-,10-/m1/s1. The largest absolute Gasteiger partial charge is 0.347 e. The van der Waals surface area contributed by atoms with E-state index in [0.29, 0.717) is 0 Å². The summed E-state index contributed by atoms with van der Waals surface area (Å²) in [7, 11) is 0. The number of piperidine rings is 1. The molecule has 16 heavy (non-hydrogen) atoms. The van der Waals surface area contributed by atoms with Crippen LogP contribution >= 0.6 is 11.3 Å². The maximum absolute atomic E-state index is 11.9. The topological polar surface area (TPSA) is 41.1 Å². The number of rotatable bonds is 3. The monoisotopic (exact) mass is 238 g/mol. The Morgan fingerprint density at radius 3 is 3.12 bits per heavy atom. The van der Waals surface area contributed by atoms with Crippen molar-refractivity contribution in [2.75, 3.05) is 6.54 Å². The van der Waals surface area contributed by atoms with Gasteiger partial charge in [-0.25, -0.2) is 0 Å². The number of carbonyl (C=O) groups is 1. The normalized spacial score (nSPS) is 22.7. The lowest BCUT2D eigenvalue weighted by Crippen LogP contribution is -2.47. The predicted octanol–water partition coefficient (Wildman–Crippen LogP) is 2.07. The summed E-state index contributed by atoms with van der Waals surface area (Å²) >= 11 is 1.68. The van der Waals surface area contributed by atoms with Gasteiger partial charge in [0.1, 0.15) is 0 Å². The van der Waals surface area contributed by atoms with Crippen LogP contribution in [0.3, 0.4) is 0 Å². The minimum absolute atomic E-state index is 0.0103. The average Bonchev–Trinajstić information content (AvgIpc) is 2.83. The van der Waals surface area contributed by atoms with Crippen LogP contribution in [0.15, 0.2) is 17.5 Å². The summed E-state index contributed by atoms with van der Waals surface area (Å²) in [5.41, 5.74) is 0. The van der Waals surface area contributed by atoms with Gasteiger partial charge in [0.05, 0.1) is 12.1 Å². The molecule has 0 aliphatic carbocycles. The minimum atomic E-state index is 0.0103. The third kappa shape index (κ3) is 2.83. The fourth-order valence-corrected chi connectivity index (χ4v) is 2.73. The van der Waals surface area contributed by atoms with Crippen LogP contribution in [0.25, 0.3) is 0 Å². The Bertz CT molecular complexity index is 331. The minimum Gasteiger partial charge on any atom is -0.347 e. The van der Waals surface area contributed by atoms with E-state index in [9.17, 15) is 4.79 Å². The van der Waals surface area contributed by atoms with E-state index in [-0.39, 0.29) is 18.0 Å². The highest BCUT2D eigenvalue weighted by Crippen LogP contribution is 2.18. The summed E-state index contributed by atoms with van der Waals surface area (Å²) in [6, 6.07) is 4.21. The molecule has 0 unspecified atom stereocenters. The second kappa shape index (κ2) is 5.46. The van der Waals surface area contributed by atoms with E-state index in [1.807, 2.05) is 18.4 Å². The summed E-state index contributed by atoms with van der Waals surface area (Å²) in [5.74, 6) is 0.139. The summed E-state index contributed by atoms with van der Waals surface area (Å²) < 4.78 is 0. The Morgan fingerprint density at radius 1 is 1.62 bits per heavy atom. The van der Waals surface area contributed by atoms with Gasteiger partial charge in [0.2, 0.25) is 5.91 Å². The van der Waals surface area contributed by atoms with E-state index in [1.54, 1.807) is 11.3 Å². The van der Waals surface area contributed by atoms with Crippen molar-refractivity contribution in [2.24, 2.45) is 0 Å². The molecule has 1 saturated heterocycles. The van der Waals surface area contributed by atoms with Crippen molar-refractivity contribution in [3.63, 3.8) is 0 Å². The molecule has 4 heteroatoms. The molecule has 3 nitrogen and oxygen atoms in total. The Balaban J connectivity index is 1.86. The lowest BCUT2D eigenvalue weighted by atomic mass is 10.0. The van der Waals surface area contributed by atoms with Crippen molar-refractivity contribution in [2.45, 2.75) is 38.3 Å². The first-order valence-electron chi connectivity index (χ1n) is 5.84. The molecule has 0 aromatic carbocycles. The van der Waals surface area contributed by atoms with Crippen molar-refractivity contribution in [1.29, 1.82) is 0 Å². The second-order valence-electron chi connectivity index (χ2n) is 4.25. The van der Waals surface area contributed by atoms with Crippen LogP contribution in [0.2, 0.25) is 0 Å². The molecular formula is C12H18N2OS. The first kappa shape index (κ1) is 11.6. The zero-order chi connectivity index (χ0) is 11.4. The van der Waals surface area contributed by atoms with E-state index in [2.05, 4.69) is 16.7 Å². The van der Waals surface area contributed by atoms with Gasteiger partial charge in [-0.3, -0.25) is 4.79 Å². The van der Waals surface area contributed by atoms with Crippen molar-refractivity contribution in [3.8, 4) is 0 Å². The number of carbonyl (C=O) groups excluding carboxylic acids is 1. The van der Waals surface area contributed by atoms with E-state index in [0.717, 1.165) is 19.4 Å². The first-order chi connectivity index (χ1) is 7.77. The van der Waals surface area contributed by atoms with Gasteiger partial charge in [-0.2, -0.15) is 0 Å². The van der Waals surface area contributed by atoms with Crippen LogP contribution in [0.4, 0.5) is 0 Å². The van der Waals surface area contributed by atoms with Crippen LogP contribution in [0, 0.1) is 0 Å².